The average Bonchev–Trinajstić information content (AvgIpc) is 2.48. The third-order valence-corrected chi connectivity index (χ3v) is 2.84. The first-order valence-electron chi connectivity index (χ1n) is 6.31. The van der Waals surface area contributed by atoms with Crippen LogP contribution >= 0.6 is 0 Å². The minimum Gasteiger partial charge on any atom is -0.508 e. The molecule has 0 heterocycles. The summed E-state index contributed by atoms with van der Waals surface area (Å²) in [4.78, 5) is 22.9. The van der Waals surface area contributed by atoms with Crippen LogP contribution in [0.3, 0.4) is 0 Å². The van der Waals surface area contributed by atoms with Crippen LogP contribution in [0.2, 0.25) is 0 Å². The first-order chi connectivity index (χ1) is 10.5. The average molecular weight is 299 g/mol. The summed E-state index contributed by atoms with van der Waals surface area (Å²) in [6.07, 6.45) is 2.58. The molecule has 4 N–H and O–H groups in total. The van der Waals surface area contributed by atoms with Gasteiger partial charge in [0.15, 0.2) is 0 Å². The van der Waals surface area contributed by atoms with E-state index in [1.807, 2.05) is 0 Å². The summed E-state index contributed by atoms with van der Waals surface area (Å²) < 4.78 is 0. The molecule has 0 unspecified atom stereocenters. The zero-order valence-corrected chi connectivity index (χ0v) is 11.4. The number of nitrogens with one attached hydrogen (secondary N) is 1. The van der Waals surface area contributed by atoms with Crippen molar-refractivity contribution in [2.75, 3.05) is 5.32 Å². The number of rotatable bonds is 4. The van der Waals surface area contributed by atoms with Crippen LogP contribution in [0, 0.1) is 0 Å². The summed E-state index contributed by atoms with van der Waals surface area (Å²) in [7, 11) is 0. The topological polar surface area (TPSA) is 107 Å². The second-order valence-electron chi connectivity index (χ2n) is 4.42. The number of carboxylic acid groups (broad SMARTS) is 1. The van der Waals surface area contributed by atoms with Crippen LogP contribution in [0.15, 0.2) is 48.5 Å². The fraction of sp³-hybridized carbons (Fsp3) is 0. The SMILES string of the molecule is O=C(C=Cc1ccccc1O)Nc1ccc(O)cc1C(=O)O. The molecule has 0 bridgehead atoms. The largest absolute Gasteiger partial charge is 0.508 e. The lowest BCUT2D eigenvalue weighted by atomic mass is 10.1. The van der Waals surface area contributed by atoms with E-state index in [-0.39, 0.29) is 22.7 Å². The van der Waals surface area contributed by atoms with E-state index >= 15 is 0 Å². The predicted octanol–water partition coefficient (Wildman–Crippen LogP) is 2.45. The first kappa shape index (κ1) is 15.1. The number of anilines is 1. The van der Waals surface area contributed by atoms with E-state index in [0.29, 0.717) is 5.56 Å². The Morgan fingerprint density at radius 3 is 2.45 bits per heavy atom. The molecule has 0 spiro atoms. The van der Waals surface area contributed by atoms with Gasteiger partial charge >= 0.3 is 5.97 Å². The number of carbonyl (C=O) groups excluding carboxylic acids is 1. The van der Waals surface area contributed by atoms with Gasteiger partial charge in [-0.3, -0.25) is 4.79 Å². The van der Waals surface area contributed by atoms with Crippen molar-refractivity contribution in [3.8, 4) is 11.5 Å². The number of hydrogen-bond acceptors (Lipinski definition) is 4. The molecule has 6 nitrogen and oxygen atoms in total. The van der Waals surface area contributed by atoms with Crippen LogP contribution in [0.5, 0.6) is 11.5 Å². The molecule has 2 aromatic rings. The van der Waals surface area contributed by atoms with Gasteiger partial charge in [0, 0.05) is 11.6 Å². The number of hydrogen-bond donors (Lipinski definition) is 4. The smallest absolute Gasteiger partial charge is 0.337 e. The second kappa shape index (κ2) is 6.45. The van der Waals surface area contributed by atoms with Crippen molar-refractivity contribution in [3.05, 3.63) is 59.7 Å². The Hall–Kier alpha value is -3.28. The lowest BCUT2D eigenvalue weighted by Crippen LogP contribution is -2.11. The Morgan fingerprint density at radius 2 is 1.77 bits per heavy atom. The highest BCUT2D eigenvalue weighted by atomic mass is 16.4. The molecule has 0 saturated heterocycles. The Bertz CT molecular complexity index is 752. The monoisotopic (exact) mass is 299 g/mol. The molecule has 0 saturated carbocycles. The van der Waals surface area contributed by atoms with E-state index in [2.05, 4.69) is 5.32 Å². The van der Waals surface area contributed by atoms with Gasteiger partial charge < -0.3 is 20.6 Å². The highest BCUT2D eigenvalue weighted by Crippen LogP contribution is 2.22. The maximum atomic E-state index is 11.8. The summed E-state index contributed by atoms with van der Waals surface area (Å²) in [6, 6.07) is 10.1. The van der Waals surface area contributed by atoms with Crippen molar-refractivity contribution in [2.45, 2.75) is 0 Å². The number of phenolic OH excluding ortho intramolecular Hbond substituents is 2. The maximum Gasteiger partial charge on any atom is 0.337 e. The fourth-order valence-electron chi connectivity index (χ4n) is 1.79. The number of amides is 1. The molecule has 0 fully saturated rings. The molecule has 2 rings (SSSR count). The molecule has 6 heteroatoms. The van der Waals surface area contributed by atoms with E-state index in [0.717, 1.165) is 6.07 Å². The first-order valence-corrected chi connectivity index (χ1v) is 6.31. The van der Waals surface area contributed by atoms with Crippen LogP contribution in [0.4, 0.5) is 5.69 Å². The predicted molar refractivity (Wildman–Crippen MR) is 80.8 cm³/mol. The molecule has 2 aromatic carbocycles. The fourth-order valence-corrected chi connectivity index (χ4v) is 1.79. The van der Waals surface area contributed by atoms with Gasteiger partial charge in [0.2, 0.25) is 5.91 Å². The molecule has 0 aliphatic rings. The van der Waals surface area contributed by atoms with E-state index in [4.69, 9.17) is 5.11 Å². The van der Waals surface area contributed by atoms with Gasteiger partial charge in [0.1, 0.15) is 11.5 Å². The highest BCUT2D eigenvalue weighted by molar-refractivity contribution is 6.06. The van der Waals surface area contributed by atoms with E-state index in [1.165, 1.54) is 30.4 Å². The van der Waals surface area contributed by atoms with E-state index in [1.54, 1.807) is 18.2 Å². The van der Waals surface area contributed by atoms with Crippen LogP contribution in [-0.2, 0) is 4.79 Å². The van der Waals surface area contributed by atoms with Crippen molar-refractivity contribution in [3.63, 3.8) is 0 Å². The molecule has 0 aromatic heterocycles. The van der Waals surface area contributed by atoms with Gasteiger partial charge in [-0.15, -0.1) is 0 Å². The number of para-hydroxylation sites is 1. The van der Waals surface area contributed by atoms with E-state index < -0.39 is 11.9 Å². The zero-order valence-electron chi connectivity index (χ0n) is 11.4. The molecule has 112 valence electrons. The third-order valence-electron chi connectivity index (χ3n) is 2.84. The van der Waals surface area contributed by atoms with Gasteiger partial charge in [-0.2, -0.15) is 0 Å². The lowest BCUT2D eigenvalue weighted by molar-refractivity contribution is -0.111. The van der Waals surface area contributed by atoms with Gasteiger partial charge in [0.05, 0.1) is 11.3 Å². The summed E-state index contributed by atoms with van der Waals surface area (Å²) in [6.45, 7) is 0. The zero-order chi connectivity index (χ0) is 16.1. The van der Waals surface area contributed by atoms with Gasteiger partial charge in [0.25, 0.3) is 0 Å². The van der Waals surface area contributed by atoms with Crippen molar-refractivity contribution in [1.29, 1.82) is 0 Å². The van der Waals surface area contributed by atoms with E-state index in [9.17, 15) is 19.8 Å². The molecule has 22 heavy (non-hydrogen) atoms. The number of aromatic carboxylic acids is 1. The molecular weight excluding hydrogens is 286 g/mol. The maximum absolute atomic E-state index is 11.8. The Morgan fingerprint density at radius 1 is 1.05 bits per heavy atom. The summed E-state index contributed by atoms with van der Waals surface area (Å²) >= 11 is 0. The van der Waals surface area contributed by atoms with Crippen molar-refractivity contribution >= 4 is 23.6 Å². The van der Waals surface area contributed by atoms with Gasteiger partial charge in [-0.25, -0.2) is 4.79 Å². The Balaban J connectivity index is 2.16. The quantitative estimate of drug-likeness (QED) is 0.512. The van der Waals surface area contributed by atoms with Gasteiger partial charge in [-0.1, -0.05) is 18.2 Å². The molecular formula is C16H13NO5. The summed E-state index contributed by atoms with van der Waals surface area (Å²) in [5, 5.41) is 30.3. The van der Waals surface area contributed by atoms with Crippen LogP contribution in [-0.4, -0.2) is 27.2 Å². The molecule has 0 atom stereocenters. The van der Waals surface area contributed by atoms with Crippen molar-refractivity contribution in [2.24, 2.45) is 0 Å². The number of carbonyl (C=O) groups is 2. The van der Waals surface area contributed by atoms with Crippen LogP contribution in [0.1, 0.15) is 15.9 Å². The number of carboxylic acids is 1. The molecule has 0 aliphatic carbocycles. The molecule has 0 radical (unpaired) electrons. The summed E-state index contributed by atoms with van der Waals surface area (Å²) in [5.41, 5.74) is 0.309. The van der Waals surface area contributed by atoms with Crippen molar-refractivity contribution < 1.29 is 24.9 Å². The lowest BCUT2D eigenvalue weighted by Gasteiger charge is -2.07. The number of benzene rings is 2. The van der Waals surface area contributed by atoms with Crippen LogP contribution < -0.4 is 5.32 Å². The standard InChI is InChI=1S/C16H13NO5/c18-11-6-7-13(12(9-11)16(21)22)17-15(20)8-5-10-3-1-2-4-14(10)19/h1-9,18-19H,(H,17,20)(H,21,22). The second-order valence-corrected chi connectivity index (χ2v) is 4.42. The normalized spacial score (nSPS) is 10.5. The minimum atomic E-state index is -1.27. The number of aromatic hydroxyl groups is 2. The Kier molecular flexibility index (Phi) is 4.43. The molecule has 1 amide bonds. The Labute approximate surface area is 126 Å². The molecule has 0 aliphatic heterocycles. The van der Waals surface area contributed by atoms with Crippen molar-refractivity contribution in [1.82, 2.24) is 0 Å². The van der Waals surface area contributed by atoms with Crippen LogP contribution in [0.25, 0.3) is 6.08 Å². The third kappa shape index (κ3) is 3.63. The minimum absolute atomic E-state index is 0.0300. The number of phenols is 2. The summed E-state index contributed by atoms with van der Waals surface area (Å²) in [5.74, 6) is -2.00. The highest BCUT2D eigenvalue weighted by Gasteiger charge is 2.12. The van der Waals surface area contributed by atoms with Gasteiger partial charge in [-0.05, 0) is 30.3 Å².